The van der Waals surface area contributed by atoms with Crippen LogP contribution < -0.4 is 0 Å². The standard InChI is InChI=1S/C15H27BO2/c1-14(2,3)17-10-11-7-8-12(16)9-13(11)18-15(4,5)6/h7-8,11-13H,9-10H2,1-6H3/t11-,12-,13+/m1/s1. The molecule has 102 valence electrons. The molecule has 1 aliphatic rings. The molecule has 0 unspecified atom stereocenters. The van der Waals surface area contributed by atoms with Gasteiger partial charge < -0.3 is 9.47 Å². The van der Waals surface area contributed by atoms with Gasteiger partial charge in [-0.15, -0.1) is 0 Å². The van der Waals surface area contributed by atoms with Crippen molar-refractivity contribution >= 4 is 7.85 Å². The van der Waals surface area contributed by atoms with E-state index in [0.29, 0.717) is 12.5 Å². The van der Waals surface area contributed by atoms with Crippen molar-refractivity contribution in [3.8, 4) is 0 Å². The summed E-state index contributed by atoms with van der Waals surface area (Å²) >= 11 is 0. The third-order valence-corrected chi connectivity index (χ3v) is 2.80. The Morgan fingerprint density at radius 3 is 2.17 bits per heavy atom. The van der Waals surface area contributed by atoms with Crippen molar-refractivity contribution in [2.75, 3.05) is 6.61 Å². The van der Waals surface area contributed by atoms with E-state index in [9.17, 15) is 0 Å². The number of allylic oxidation sites excluding steroid dienone is 1. The Kier molecular flexibility index (Phi) is 5.08. The Morgan fingerprint density at radius 1 is 1.06 bits per heavy atom. The molecule has 0 aliphatic heterocycles. The minimum atomic E-state index is -0.143. The molecule has 3 heteroatoms. The van der Waals surface area contributed by atoms with E-state index in [-0.39, 0.29) is 23.1 Å². The van der Waals surface area contributed by atoms with Gasteiger partial charge in [-0.1, -0.05) is 18.0 Å². The Morgan fingerprint density at radius 2 is 1.67 bits per heavy atom. The normalized spacial score (nSPS) is 29.6. The molecule has 1 aliphatic carbocycles. The summed E-state index contributed by atoms with van der Waals surface area (Å²) in [4.78, 5) is 0. The summed E-state index contributed by atoms with van der Waals surface area (Å²) in [5.41, 5.74) is -0.255. The van der Waals surface area contributed by atoms with E-state index in [1.807, 2.05) is 0 Å². The van der Waals surface area contributed by atoms with E-state index in [0.717, 1.165) is 6.42 Å². The first kappa shape index (κ1) is 15.8. The second-order valence-electron chi connectivity index (χ2n) is 7.14. The number of rotatable bonds is 3. The van der Waals surface area contributed by atoms with E-state index >= 15 is 0 Å². The fraction of sp³-hybridized carbons (Fsp3) is 0.867. The molecule has 0 N–H and O–H groups in total. The van der Waals surface area contributed by atoms with Gasteiger partial charge in [-0.3, -0.25) is 0 Å². The lowest BCUT2D eigenvalue weighted by Crippen LogP contribution is -2.38. The molecule has 0 saturated carbocycles. The first-order valence-corrected chi connectivity index (χ1v) is 6.82. The zero-order chi connectivity index (χ0) is 14.0. The van der Waals surface area contributed by atoms with Gasteiger partial charge in [-0.25, -0.2) is 0 Å². The Labute approximate surface area is 114 Å². The van der Waals surface area contributed by atoms with Crippen molar-refractivity contribution in [2.45, 2.75) is 71.1 Å². The van der Waals surface area contributed by atoms with Crippen LogP contribution in [0.3, 0.4) is 0 Å². The van der Waals surface area contributed by atoms with E-state index in [4.69, 9.17) is 17.3 Å². The minimum absolute atomic E-state index is 0.100. The molecule has 0 aromatic carbocycles. The molecular weight excluding hydrogens is 223 g/mol. The van der Waals surface area contributed by atoms with Crippen molar-refractivity contribution in [1.29, 1.82) is 0 Å². The van der Waals surface area contributed by atoms with E-state index in [2.05, 4.69) is 53.7 Å². The lowest BCUT2D eigenvalue weighted by Gasteiger charge is -2.36. The maximum Gasteiger partial charge on any atom is 0.0756 e. The van der Waals surface area contributed by atoms with Gasteiger partial charge in [0.1, 0.15) is 0 Å². The molecule has 0 aromatic rings. The van der Waals surface area contributed by atoms with Crippen LogP contribution in [0, 0.1) is 5.92 Å². The third-order valence-electron chi connectivity index (χ3n) is 2.80. The fourth-order valence-corrected chi connectivity index (χ4v) is 2.03. The molecule has 2 nitrogen and oxygen atoms in total. The average molecular weight is 250 g/mol. The predicted octanol–water partition coefficient (Wildman–Crippen LogP) is 3.52. The second kappa shape index (κ2) is 5.79. The summed E-state index contributed by atoms with van der Waals surface area (Å²) in [6.07, 6.45) is 5.23. The number of hydrogen-bond acceptors (Lipinski definition) is 2. The average Bonchev–Trinajstić information content (AvgIpc) is 2.12. The highest BCUT2D eigenvalue weighted by molar-refractivity contribution is 6.13. The van der Waals surface area contributed by atoms with Crippen molar-refractivity contribution in [3.05, 3.63) is 12.2 Å². The summed E-state index contributed by atoms with van der Waals surface area (Å²) in [6, 6.07) is 0. The number of ether oxygens (including phenoxy) is 2. The van der Waals surface area contributed by atoms with Gasteiger partial charge in [0.25, 0.3) is 0 Å². The quantitative estimate of drug-likeness (QED) is 0.563. The summed E-state index contributed by atoms with van der Waals surface area (Å²) in [5.74, 6) is 0.395. The summed E-state index contributed by atoms with van der Waals surface area (Å²) in [5, 5.41) is 0. The van der Waals surface area contributed by atoms with Crippen LogP contribution in [0.1, 0.15) is 48.0 Å². The molecule has 0 saturated heterocycles. The minimum Gasteiger partial charge on any atom is -0.375 e. The van der Waals surface area contributed by atoms with Gasteiger partial charge in [-0.05, 0) is 48.0 Å². The first-order valence-electron chi connectivity index (χ1n) is 6.82. The lowest BCUT2D eigenvalue weighted by molar-refractivity contribution is -0.107. The largest absolute Gasteiger partial charge is 0.375 e. The topological polar surface area (TPSA) is 18.5 Å². The van der Waals surface area contributed by atoms with Crippen LogP contribution in [0.25, 0.3) is 0 Å². The van der Waals surface area contributed by atoms with Crippen LogP contribution in [0.15, 0.2) is 12.2 Å². The van der Waals surface area contributed by atoms with Crippen LogP contribution in [-0.2, 0) is 9.47 Å². The highest BCUT2D eigenvalue weighted by Crippen LogP contribution is 2.31. The fourth-order valence-electron chi connectivity index (χ4n) is 2.03. The molecule has 3 atom stereocenters. The number of hydrogen-bond donors (Lipinski definition) is 0. The van der Waals surface area contributed by atoms with Gasteiger partial charge >= 0.3 is 0 Å². The molecule has 0 fully saturated rings. The monoisotopic (exact) mass is 250 g/mol. The van der Waals surface area contributed by atoms with Crippen molar-refractivity contribution < 1.29 is 9.47 Å². The zero-order valence-electron chi connectivity index (χ0n) is 12.7. The van der Waals surface area contributed by atoms with Crippen molar-refractivity contribution in [3.63, 3.8) is 0 Å². The molecule has 0 amide bonds. The molecular formula is C15H27BO2. The van der Waals surface area contributed by atoms with E-state index in [1.54, 1.807) is 0 Å². The highest BCUT2D eigenvalue weighted by atomic mass is 16.5. The second-order valence-corrected chi connectivity index (χ2v) is 7.14. The molecule has 0 heterocycles. The molecule has 0 spiro atoms. The van der Waals surface area contributed by atoms with Crippen LogP contribution in [-0.4, -0.2) is 31.8 Å². The molecule has 0 aromatic heterocycles. The van der Waals surface area contributed by atoms with E-state index < -0.39 is 0 Å². The maximum absolute atomic E-state index is 6.12. The van der Waals surface area contributed by atoms with Gasteiger partial charge in [0.15, 0.2) is 0 Å². The maximum atomic E-state index is 6.12. The molecule has 2 radical (unpaired) electrons. The lowest BCUT2D eigenvalue weighted by atomic mass is 9.75. The third kappa shape index (κ3) is 6.06. The predicted molar refractivity (Wildman–Crippen MR) is 77.1 cm³/mol. The van der Waals surface area contributed by atoms with Crippen molar-refractivity contribution in [1.82, 2.24) is 0 Å². The van der Waals surface area contributed by atoms with Gasteiger partial charge in [-0.2, -0.15) is 0 Å². The van der Waals surface area contributed by atoms with Crippen LogP contribution in [0.5, 0.6) is 0 Å². The Balaban J connectivity index is 2.63. The SMILES string of the molecule is [B][C@@H]1C=C[C@H](COC(C)(C)C)[C@@H](OC(C)(C)C)C1. The zero-order valence-corrected chi connectivity index (χ0v) is 12.7. The Hall–Kier alpha value is -0.275. The summed E-state index contributed by atoms with van der Waals surface area (Å²) in [6.45, 7) is 13.2. The van der Waals surface area contributed by atoms with Crippen molar-refractivity contribution in [2.24, 2.45) is 5.92 Å². The summed E-state index contributed by atoms with van der Waals surface area (Å²) < 4.78 is 12.0. The molecule has 0 bridgehead atoms. The van der Waals surface area contributed by atoms with Crippen LogP contribution >= 0.6 is 0 Å². The molecule has 1 rings (SSSR count). The van der Waals surface area contributed by atoms with Crippen LogP contribution in [0.2, 0.25) is 5.82 Å². The molecule has 18 heavy (non-hydrogen) atoms. The smallest absolute Gasteiger partial charge is 0.0756 e. The Bertz CT molecular complexity index is 286. The van der Waals surface area contributed by atoms with Gasteiger partial charge in [0, 0.05) is 5.92 Å². The van der Waals surface area contributed by atoms with Gasteiger partial charge in [0.2, 0.25) is 0 Å². The highest BCUT2D eigenvalue weighted by Gasteiger charge is 2.30. The summed E-state index contributed by atoms with van der Waals surface area (Å²) in [7, 11) is 5.98. The van der Waals surface area contributed by atoms with E-state index in [1.165, 1.54) is 0 Å². The van der Waals surface area contributed by atoms with Crippen LogP contribution in [0.4, 0.5) is 0 Å². The van der Waals surface area contributed by atoms with Gasteiger partial charge in [0.05, 0.1) is 31.8 Å². The first-order chi connectivity index (χ1) is 8.07.